The molecule has 0 radical (unpaired) electrons. The molecule has 3 N–H and O–H groups in total. The number of alkyl halides is 3. The molecule has 178 valence electrons. The summed E-state index contributed by atoms with van der Waals surface area (Å²) in [4.78, 5) is 29.9. The minimum Gasteiger partial charge on any atom is -0.351 e. The number of carbonyl (C=O) groups is 1. The summed E-state index contributed by atoms with van der Waals surface area (Å²) < 4.78 is 38.3. The minimum atomic E-state index is -4.46. The van der Waals surface area contributed by atoms with E-state index in [1.807, 2.05) is 13.0 Å². The van der Waals surface area contributed by atoms with Gasteiger partial charge >= 0.3 is 6.18 Å². The number of nitrogens with zero attached hydrogens (tertiary/aromatic N) is 4. The molecule has 11 heteroatoms. The second-order valence-electron chi connectivity index (χ2n) is 8.26. The molecule has 1 saturated carbocycles. The SMILES string of the molecule is Cc1ccc(NC(=O)c2ccc(C(F)(F)F)cc2)cc1Nc1ncnc2nc(NC3CC3)ncc12. The lowest BCUT2D eigenvalue weighted by Crippen LogP contribution is -2.13. The maximum atomic E-state index is 12.8. The average Bonchev–Trinajstić information content (AvgIpc) is 3.65. The number of hydrogen-bond acceptors (Lipinski definition) is 7. The Morgan fingerprint density at radius 1 is 1.03 bits per heavy atom. The molecule has 8 nitrogen and oxygen atoms in total. The van der Waals surface area contributed by atoms with Crippen molar-refractivity contribution in [1.29, 1.82) is 0 Å². The van der Waals surface area contributed by atoms with Gasteiger partial charge in [-0.3, -0.25) is 4.79 Å². The molecule has 0 spiro atoms. The number of anilines is 4. The van der Waals surface area contributed by atoms with Gasteiger partial charge in [-0.1, -0.05) is 6.07 Å². The Morgan fingerprint density at radius 3 is 2.51 bits per heavy atom. The first kappa shape index (κ1) is 22.5. The monoisotopic (exact) mass is 479 g/mol. The van der Waals surface area contributed by atoms with Crippen LogP contribution in [0.25, 0.3) is 11.0 Å². The van der Waals surface area contributed by atoms with Gasteiger partial charge in [-0.2, -0.15) is 18.2 Å². The number of benzene rings is 2. The third-order valence-corrected chi connectivity index (χ3v) is 5.52. The Hall–Kier alpha value is -4.28. The van der Waals surface area contributed by atoms with Crippen molar-refractivity contribution >= 4 is 40.1 Å². The molecule has 1 fully saturated rings. The van der Waals surface area contributed by atoms with E-state index in [0.717, 1.165) is 42.7 Å². The largest absolute Gasteiger partial charge is 0.416 e. The van der Waals surface area contributed by atoms with Gasteiger partial charge in [-0.25, -0.2) is 15.0 Å². The number of halogens is 3. The molecule has 0 saturated heterocycles. The van der Waals surface area contributed by atoms with Crippen molar-refractivity contribution in [3.8, 4) is 0 Å². The number of aryl methyl sites for hydroxylation is 1. The molecule has 4 aromatic rings. The van der Waals surface area contributed by atoms with Crippen LogP contribution in [0.3, 0.4) is 0 Å². The maximum absolute atomic E-state index is 12.8. The Kier molecular flexibility index (Phi) is 5.67. The molecule has 0 bridgehead atoms. The summed E-state index contributed by atoms with van der Waals surface area (Å²) in [7, 11) is 0. The van der Waals surface area contributed by atoms with Crippen molar-refractivity contribution in [1.82, 2.24) is 19.9 Å². The number of aromatic nitrogens is 4. The van der Waals surface area contributed by atoms with E-state index >= 15 is 0 Å². The van der Waals surface area contributed by atoms with Crippen LogP contribution in [-0.4, -0.2) is 31.9 Å². The number of rotatable bonds is 6. The summed E-state index contributed by atoms with van der Waals surface area (Å²) in [5.41, 5.74) is 1.82. The van der Waals surface area contributed by atoms with E-state index in [2.05, 4.69) is 35.9 Å². The van der Waals surface area contributed by atoms with Crippen LogP contribution >= 0.6 is 0 Å². The standard InChI is InChI=1S/C24H20F3N7O/c1-13-2-7-17(31-22(35)14-3-5-15(6-4-14)24(25,26)27)10-19(13)33-20-18-11-28-23(32-16-8-9-16)34-21(18)30-12-29-20/h2-7,10-12,16H,8-9H2,1H3,(H,31,35)(H2,28,29,30,32,33,34). The Labute approximate surface area is 198 Å². The highest BCUT2D eigenvalue weighted by molar-refractivity contribution is 6.04. The summed E-state index contributed by atoms with van der Waals surface area (Å²) in [6, 6.07) is 9.69. The first-order valence-electron chi connectivity index (χ1n) is 10.9. The Balaban J connectivity index is 1.35. The zero-order chi connectivity index (χ0) is 24.6. The molecule has 1 aliphatic rings. The highest BCUT2D eigenvalue weighted by Gasteiger charge is 2.30. The third-order valence-electron chi connectivity index (χ3n) is 5.52. The van der Waals surface area contributed by atoms with Crippen LogP contribution < -0.4 is 16.0 Å². The minimum absolute atomic E-state index is 0.114. The van der Waals surface area contributed by atoms with Crippen LogP contribution in [0.2, 0.25) is 0 Å². The van der Waals surface area contributed by atoms with Crippen LogP contribution in [0.4, 0.5) is 36.3 Å². The second-order valence-corrected chi connectivity index (χ2v) is 8.26. The highest BCUT2D eigenvalue weighted by atomic mass is 19.4. The molecule has 5 rings (SSSR count). The first-order chi connectivity index (χ1) is 16.8. The van der Waals surface area contributed by atoms with E-state index in [0.29, 0.717) is 40.2 Å². The molecule has 1 aliphatic carbocycles. The average molecular weight is 479 g/mol. The molecular weight excluding hydrogens is 459 g/mol. The van der Waals surface area contributed by atoms with Crippen molar-refractivity contribution in [3.63, 3.8) is 0 Å². The zero-order valence-corrected chi connectivity index (χ0v) is 18.5. The number of nitrogens with one attached hydrogen (secondary N) is 3. The smallest absolute Gasteiger partial charge is 0.351 e. The van der Waals surface area contributed by atoms with E-state index in [-0.39, 0.29) is 5.56 Å². The van der Waals surface area contributed by atoms with Gasteiger partial charge in [0, 0.05) is 29.2 Å². The first-order valence-corrected chi connectivity index (χ1v) is 10.9. The number of carbonyl (C=O) groups excluding carboxylic acids is 1. The van der Waals surface area contributed by atoms with Crippen LogP contribution in [0.5, 0.6) is 0 Å². The van der Waals surface area contributed by atoms with E-state index in [4.69, 9.17) is 0 Å². The molecular formula is C24H20F3N7O. The Morgan fingerprint density at radius 2 is 1.80 bits per heavy atom. The molecule has 35 heavy (non-hydrogen) atoms. The van der Waals surface area contributed by atoms with Crippen LogP contribution in [0, 0.1) is 6.92 Å². The molecule has 2 aromatic carbocycles. The summed E-state index contributed by atoms with van der Waals surface area (Å²) >= 11 is 0. The second kappa shape index (κ2) is 8.82. The lowest BCUT2D eigenvalue weighted by molar-refractivity contribution is -0.137. The normalized spacial score (nSPS) is 13.5. The fraction of sp³-hybridized carbons (Fsp3) is 0.208. The predicted molar refractivity (Wildman–Crippen MR) is 126 cm³/mol. The Bertz CT molecular complexity index is 1400. The van der Waals surface area contributed by atoms with Crippen molar-refractivity contribution in [2.24, 2.45) is 0 Å². The van der Waals surface area contributed by atoms with Gasteiger partial charge in [-0.15, -0.1) is 0 Å². The van der Waals surface area contributed by atoms with Gasteiger partial charge in [0.05, 0.1) is 10.9 Å². The third kappa shape index (κ3) is 5.13. The van der Waals surface area contributed by atoms with Gasteiger partial charge in [0.1, 0.15) is 12.1 Å². The number of amides is 1. The fourth-order valence-electron chi connectivity index (χ4n) is 3.40. The number of fused-ring (bicyclic) bond motifs is 1. The summed E-state index contributed by atoms with van der Waals surface area (Å²) in [5, 5.41) is 9.82. The van der Waals surface area contributed by atoms with Gasteiger partial charge < -0.3 is 16.0 Å². The zero-order valence-electron chi connectivity index (χ0n) is 18.5. The van der Waals surface area contributed by atoms with Crippen LogP contribution in [0.1, 0.15) is 34.3 Å². The van der Waals surface area contributed by atoms with Gasteiger partial charge in [-0.05, 0) is 61.7 Å². The van der Waals surface area contributed by atoms with E-state index in [1.165, 1.54) is 6.33 Å². The summed E-state index contributed by atoms with van der Waals surface area (Å²) in [6.07, 6.45) is 0.801. The lowest BCUT2D eigenvalue weighted by atomic mass is 10.1. The van der Waals surface area contributed by atoms with E-state index < -0.39 is 17.6 Å². The molecule has 0 aliphatic heterocycles. The summed E-state index contributed by atoms with van der Waals surface area (Å²) in [5.74, 6) is 0.501. The quantitative estimate of drug-likeness (QED) is 0.344. The summed E-state index contributed by atoms with van der Waals surface area (Å²) in [6.45, 7) is 1.89. The van der Waals surface area contributed by atoms with Gasteiger partial charge in [0.2, 0.25) is 5.95 Å². The van der Waals surface area contributed by atoms with Crippen molar-refractivity contribution in [2.45, 2.75) is 32.0 Å². The number of hydrogen-bond donors (Lipinski definition) is 3. The predicted octanol–water partition coefficient (Wildman–Crippen LogP) is 5.32. The van der Waals surface area contributed by atoms with Crippen molar-refractivity contribution in [3.05, 3.63) is 71.7 Å². The molecule has 0 atom stereocenters. The van der Waals surface area contributed by atoms with Crippen molar-refractivity contribution < 1.29 is 18.0 Å². The van der Waals surface area contributed by atoms with Gasteiger partial charge in [0.25, 0.3) is 5.91 Å². The fourth-order valence-corrected chi connectivity index (χ4v) is 3.40. The topological polar surface area (TPSA) is 105 Å². The van der Waals surface area contributed by atoms with E-state index in [9.17, 15) is 18.0 Å². The van der Waals surface area contributed by atoms with E-state index in [1.54, 1.807) is 18.3 Å². The van der Waals surface area contributed by atoms with Gasteiger partial charge in [0.15, 0.2) is 5.65 Å². The van der Waals surface area contributed by atoms with Crippen molar-refractivity contribution in [2.75, 3.05) is 16.0 Å². The molecule has 2 heterocycles. The lowest BCUT2D eigenvalue weighted by Gasteiger charge is -2.13. The molecule has 0 unspecified atom stereocenters. The maximum Gasteiger partial charge on any atom is 0.416 e. The van der Waals surface area contributed by atoms with Crippen LogP contribution in [-0.2, 0) is 6.18 Å². The highest BCUT2D eigenvalue weighted by Crippen LogP contribution is 2.30. The molecule has 2 aromatic heterocycles. The molecule has 1 amide bonds. The van der Waals surface area contributed by atoms with Crippen LogP contribution in [0.15, 0.2) is 55.0 Å².